The van der Waals surface area contributed by atoms with E-state index in [2.05, 4.69) is 10.4 Å². The molecular formula is C17H21N3O3S. The Bertz CT molecular complexity index is 857. The summed E-state index contributed by atoms with van der Waals surface area (Å²) >= 11 is 0. The van der Waals surface area contributed by atoms with Crippen molar-refractivity contribution in [2.45, 2.75) is 20.3 Å². The minimum Gasteiger partial charge on any atom is -0.352 e. The average Bonchev–Trinajstić information content (AvgIpc) is 3.05. The molecule has 2 aromatic rings. The topological polar surface area (TPSA) is 81.1 Å². The molecule has 128 valence electrons. The van der Waals surface area contributed by atoms with E-state index in [9.17, 15) is 13.2 Å². The maximum Gasteiger partial charge on any atom is 0.255 e. The fourth-order valence-corrected chi connectivity index (χ4v) is 5.01. The highest BCUT2D eigenvalue weighted by Gasteiger charge is 2.28. The predicted molar refractivity (Wildman–Crippen MR) is 92.1 cm³/mol. The molecule has 0 saturated carbocycles. The standard InChI is InChI=1S/C17H21N3O3S/c1-12-16(13(2)20(19-12)15-6-4-3-5-7-15)17(21)18-10-14-8-9-24(22,23)11-14/h3-7,14H,8-11H2,1-2H3,(H,18,21). The zero-order valence-electron chi connectivity index (χ0n) is 13.8. The van der Waals surface area contributed by atoms with Crippen molar-refractivity contribution in [3.05, 3.63) is 47.3 Å². The van der Waals surface area contributed by atoms with Crippen LogP contribution in [-0.2, 0) is 9.84 Å². The molecule has 1 aromatic carbocycles. The Balaban J connectivity index is 1.75. The van der Waals surface area contributed by atoms with Gasteiger partial charge in [0, 0.05) is 6.54 Å². The van der Waals surface area contributed by atoms with Crippen molar-refractivity contribution in [2.75, 3.05) is 18.1 Å². The third-order valence-corrected chi connectivity index (χ3v) is 6.23. The van der Waals surface area contributed by atoms with Gasteiger partial charge in [0.2, 0.25) is 0 Å². The number of benzene rings is 1. The molecule has 7 heteroatoms. The minimum atomic E-state index is -2.92. The molecule has 0 radical (unpaired) electrons. The zero-order chi connectivity index (χ0) is 17.3. The van der Waals surface area contributed by atoms with Crippen LogP contribution in [0.4, 0.5) is 0 Å². The lowest BCUT2D eigenvalue weighted by atomic mass is 10.1. The second-order valence-corrected chi connectivity index (χ2v) is 8.50. The molecule has 1 saturated heterocycles. The highest BCUT2D eigenvalue weighted by Crippen LogP contribution is 2.20. The third-order valence-electron chi connectivity index (χ3n) is 4.40. The molecule has 0 spiro atoms. The smallest absolute Gasteiger partial charge is 0.255 e. The second-order valence-electron chi connectivity index (χ2n) is 6.27. The Hall–Kier alpha value is -2.15. The van der Waals surface area contributed by atoms with Gasteiger partial charge in [0.1, 0.15) is 0 Å². The number of amides is 1. The van der Waals surface area contributed by atoms with Gasteiger partial charge in [-0.1, -0.05) is 18.2 Å². The molecule has 1 atom stereocenters. The van der Waals surface area contributed by atoms with Crippen molar-refractivity contribution in [2.24, 2.45) is 5.92 Å². The van der Waals surface area contributed by atoms with E-state index in [-0.39, 0.29) is 23.3 Å². The van der Waals surface area contributed by atoms with Crippen molar-refractivity contribution >= 4 is 15.7 Å². The van der Waals surface area contributed by atoms with Gasteiger partial charge >= 0.3 is 0 Å². The van der Waals surface area contributed by atoms with E-state index in [4.69, 9.17) is 0 Å². The molecule has 1 amide bonds. The molecule has 1 aromatic heterocycles. The number of hydrogen-bond donors (Lipinski definition) is 1. The van der Waals surface area contributed by atoms with E-state index in [1.165, 1.54) is 0 Å². The van der Waals surface area contributed by atoms with Gasteiger partial charge in [-0.3, -0.25) is 4.79 Å². The second kappa shape index (κ2) is 6.39. The first-order valence-electron chi connectivity index (χ1n) is 7.97. The normalized spacial score (nSPS) is 19.3. The van der Waals surface area contributed by atoms with Crippen molar-refractivity contribution in [3.8, 4) is 5.69 Å². The number of rotatable bonds is 4. The van der Waals surface area contributed by atoms with Gasteiger partial charge in [-0.15, -0.1) is 0 Å². The van der Waals surface area contributed by atoms with Gasteiger partial charge in [-0.2, -0.15) is 5.10 Å². The number of carbonyl (C=O) groups is 1. The fraction of sp³-hybridized carbons (Fsp3) is 0.412. The van der Waals surface area contributed by atoms with Crippen molar-refractivity contribution in [3.63, 3.8) is 0 Å². The van der Waals surface area contributed by atoms with E-state index in [1.807, 2.05) is 37.3 Å². The van der Waals surface area contributed by atoms with Crippen LogP contribution in [0.2, 0.25) is 0 Å². The van der Waals surface area contributed by atoms with Gasteiger partial charge in [0.25, 0.3) is 5.91 Å². The average molecular weight is 347 g/mol. The number of nitrogens with one attached hydrogen (secondary N) is 1. The molecule has 6 nitrogen and oxygen atoms in total. The lowest BCUT2D eigenvalue weighted by Crippen LogP contribution is -2.30. The van der Waals surface area contributed by atoms with E-state index in [1.54, 1.807) is 11.6 Å². The summed E-state index contributed by atoms with van der Waals surface area (Å²) in [5.74, 6) is 0.187. The SMILES string of the molecule is Cc1nn(-c2ccccc2)c(C)c1C(=O)NCC1CCS(=O)(=O)C1. The number of aryl methyl sites for hydroxylation is 1. The largest absolute Gasteiger partial charge is 0.352 e. The lowest BCUT2D eigenvalue weighted by molar-refractivity contribution is 0.0947. The van der Waals surface area contributed by atoms with Crippen LogP contribution < -0.4 is 5.32 Å². The highest BCUT2D eigenvalue weighted by atomic mass is 32.2. The number of para-hydroxylation sites is 1. The summed E-state index contributed by atoms with van der Waals surface area (Å²) < 4.78 is 24.8. The number of hydrogen-bond acceptors (Lipinski definition) is 4. The van der Waals surface area contributed by atoms with Gasteiger partial charge in [0.15, 0.2) is 9.84 Å². The van der Waals surface area contributed by atoms with E-state index < -0.39 is 9.84 Å². The molecule has 3 rings (SSSR count). The van der Waals surface area contributed by atoms with E-state index in [0.717, 1.165) is 11.4 Å². The fourth-order valence-electron chi connectivity index (χ4n) is 3.15. The summed E-state index contributed by atoms with van der Waals surface area (Å²) in [7, 11) is -2.92. The van der Waals surface area contributed by atoms with Gasteiger partial charge in [-0.05, 0) is 38.3 Å². The molecular weight excluding hydrogens is 326 g/mol. The molecule has 1 aliphatic rings. The first kappa shape index (κ1) is 16.7. The summed E-state index contributed by atoms with van der Waals surface area (Å²) in [4.78, 5) is 12.5. The van der Waals surface area contributed by atoms with E-state index in [0.29, 0.717) is 24.2 Å². The van der Waals surface area contributed by atoms with Crippen LogP contribution in [0.1, 0.15) is 28.2 Å². The Kier molecular flexibility index (Phi) is 4.45. The van der Waals surface area contributed by atoms with Crippen LogP contribution in [0.15, 0.2) is 30.3 Å². The summed E-state index contributed by atoms with van der Waals surface area (Å²) in [6, 6.07) is 9.64. The molecule has 1 unspecified atom stereocenters. The van der Waals surface area contributed by atoms with Crippen molar-refractivity contribution in [1.29, 1.82) is 0 Å². The summed E-state index contributed by atoms with van der Waals surface area (Å²) in [5.41, 5.74) is 2.89. The predicted octanol–water partition coefficient (Wildman–Crippen LogP) is 1.65. The molecule has 24 heavy (non-hydrogen) atoms. The summed E-state index contributed by atoms with van der Waals surface area (Å²) in [6.07, 6.45) is 0.615. The Morgan fingerprint density at radius 1 is 1.29 bits per heavy atom. The minimum absolute atomic E-state index is 0.00345. The first-order valence-corrected chi connectivity index (χ1v) is 9.80. The van der Waals surface area contributed by atoms with Crippen LogP contribution in [0.25, 0.3) is 5.69 Å². The Morgan fingerprint density at radius 2 is 2.00 bits per heavy atom. The van der Waals surface area contributed by atoms with Gasteiger partial charge < -0.3 is 5.32 Å². The molecule has 2 heterocycles. The Labute approximate surface area is 141 Å². The van der Waals surface area contributed by atoms with E-state index >= 15 is 0 Å². The zero-order valence-corrected chi connectivity index (χ0v) is 14.6. The number of sulfone groups is 1. The quantitative estimate of drug-likeness (QED) is 0.912. The molecule has 1 aliphatic heterocycles. The highest BCUT2D eigenvalue weighted by molar-refractivity contribution is 7.91. The van der Waals surface area contributed by atoms with Crippen LogP contribution in [0, 0.1) is 19.8 Å². The first-order chi connectivity index (χ1) is 11.4. The lowest BCUT2D eigenvalue weighted by Gasteiger charge is -2.10. The summed E-state index contributed by atoms with van der Waals surface area (Å²) in [6.45, 7) is 4.05. The molecule has 0 bridgehead atoms. The summed E-state index contributed by atoms with van der Waals surface area (Å²) in [5, 5.41) is 7.33. The monoisotopic (exact) mass is 347 g/mol. The van der Waals surface area contributed by atoms with Crippen LogP contribution >= 0.6 is 0 Å². The van der Waals surface area contributed by atoms with Gasteiger partial charge in [-0.25, -0.2) is 13.1 Å². The maximum atomic E-state index is 12.5. The van der Waals surface area contributed by atoms with Crippen molar-refractivity contribution < 1.29 is 13.2 Å². The number of carbonyl (C=O) groups excluding carboxylic acids is 1. The number of aromatic nitrogens is 2. The van der Waals surface area contributed by atoms with Crippen molar-refractivity contribution in [1.82, 2.24) is 15.1 Å². The van der Waals surface area contributed by atoms with Gasteiger partial charge in [0.05, 0.1) is 34.1 Å². The Morgan fingerprint density at radius 3 is 2.62 bits per heavy atom. The molecule has 1 N–H and O–H groups in total. The number of nitrogens with zero attached hydrogens (tertiary/aromatic N) is 2. The molecule has 1 fully saturated rings. The third kappa shape index (κ3) is 3.36. The molecule has 0 aliphatic carbocycles. The maximum absolute atomic E-state index is 12.5. The van der Waals surface area contributed by atoms with Crippen LogP contribution in [0.5, 0.6) is 0 Å². The van der Waals surface area contributed by atoms with Crippen LogP contribution in [0.3, 0.4) is 0 Å². The van der Waals surface area contributed by atoms with Crippen LogP contribution in [-0.4, -0.2) is 42.2 Å².